The summed E-state index contributed by atoms with van der Waals surface area (Å²) in [6, 6.07) is 62.0. The maximum absolute atomic E-state index is 5.10. The molecule has 0 aliphatic carbocycles. The van der Waals surface area contributed by atoms with Crippen molar-refractivity contribution in [3.05, 3.63) is 188 Å². The first-order valence-electron chi connectivity index (χ1n) is 18.2. The van der Waals surface area contributed by atoms with Crippen molar-refractivity contribution in [2.75, 3.05) is 0 Å². The summed E-state index contributed by atoms with van der Waals surface area (Å²) in [7, 11) is 0. The molecule has 5 nitrogen and oxygen atoms in total. The van der Waals surface area contributed by atoms with Crippen molar-refractivity contribution in [1.29, 1.82) is 0 Å². The van der Waals surface area contributed by atoms with Crippen molar-refractivity contribution >= 4 is 54.4 Å². The summed E-state index contributed by atoms with van der Waals surface area (Å²) in [5.74, 6) is 0. The predicted molar refractivity (Wildman–Crippen MR) is 222 cm³/mol. The molecule has 0 unspecified atom stereocenters. The average Bonchev–Trinajstić information content (AvgIpc) is 3.78. The van der Waals surface area contributed by atoms with Crippen LogP contribution in [0.2, 0.25) is 0 Å². The van der Waals surface area contributed by atoms with E-state index in [0.29, 0.717) is 0 Å². The van der Waals surface area contributed by atoms with E-state index in [9.17, 15) is 0 Å². The van der Waals surface area contributed by atoms with E-state index in [1.807, 2.05) is 48.8 Å². The maximum atomic E-state index is 5.10. The van der Waals surface area contributed by atoms with Crippen LogP contribution in [-0.4, -0.2) is 24.1 Å². The molecule has 0 fully saturated rings. The minimum absolute atomic E-state index is 0.801. The van der Waals surface area contributed by atoms with Gasteiger partial charge in [-0.05, 0) is 72.1 Å². The second kappa shape index (κ2) is 12.1. The molecule has 0 saturated heterocycles. The summed E-state index contributed by atoms with van der Waals surface area (Å²) < 4.78 is 4.76. The van der Waals surface area contributed by atoms with Gasteiger partial charge >= 0.3 is 0 Å². The Hall–Kier alpha value is -7.37. The highest BCUT2D eigenvalue weighted by atomic mass is 15.0. The third kappa shape index (κ3) is 4.69. The molecule has 5 heteroatoms. The molecular formula is C49H31N5. The summed E-state index contributed by atoms with van der Waals surface area (Å²) in [5.41, 5.74) is 12.3. The number of aromatic nitrogens is 5. The Morgan fingerprint density at radius 1 is 0.352 bits per heavy atom. The summed E-state index contributed by atoms with van der Waals surface area (Å²) in [6.07, 6.45) is 3.80. The van der Waals surface area contributed by atoms with E-state index in [1.165, 1.54) is 43.4 Å². The standard InChI is InChI=1S/C49H31N5/c1-3-13-32(14-4-1)43-29-33(41-19-11-12-28-50-41)30-44(52-43)42-26-22-35(31-51-42)53-46-21-10-8-18-40(46)48-37-23-24-38-36-17-7-9-20-45(36)54(34-15-5-2-6-16-34)49(38)39(37)25-27-47(48)53/h1-31H. The molecule has 0 saturated carbocycles. The highest BCUT2D eigenvalue weighted by molar-refractivity contribution is 6.27. The van der Waals surface area contributed by atoms with Gasteiger partial charge in [0.2, 0.25) is 0 Å². The molecule has 5 aromatic heterocycles. The van der Waals surface area contributed by atoms with Crippen LogP contribution < -0.4 is 0 Å². The fraction of sp³-hybridized carbons (Fsp3) is 0. The molecule has 0 aliphatic rings. The molecule has 0 radical (unpaired) electrons. The second-order valence-corrected chi connectivity index (χ2v) is 13.7. The SMILES string of the molecule is c1ccc(-c2cc(-c3ccccn3)cc(-c3ccc(-n4c5ccccc5c5c6ccc7c8ccccc8n(-c8ccccc8)c7c6ccc54)cn3)n2)cc1. The van der Waals surface area contributed by atoms with Gasteiger partial charge in [-0.25, -0.2) is 4.98 Å². The van der Waals surface area contributed by atoms with E-state index in [4.69, 9.17) is 9.97 Å². The Kier molecular flexibility index (Phi) is 6.79. The van der Waals surface area contributed by atoms with Gasteiger partial charge in [-0.3, -0.25) is 9.97 Å². The molecule has 252 valence electrons. The molecule has 0 spiro atoms. The molecule has 0 amide bonds. The monoisotopic (exact) mass is 689 g/mol. The molecule has 6 aromatic carbocycles. The predicted octanol–water partition coefficient (Wildman–Crippen LogP) is 12.2. The van der Waals surface area contributed by atoms with Crippen LogP contribution in [0, 0.1) is 0 Å². The topological polar surface area (TPSA) is 48.5 Å². The number of pyridine rings is 3. The van der Waals surface area contributed by atoms with E-state index >= 15 is 0 Å². The fourth-order valence-electron chi connectivity index (χ4n) is 8.23. The zero-order valence-electron chi connectivity index (χ0n) is 29.1. The Morgan fingerprint density at radius 2 is 1.02 bits per heavy atom. The Bertz CT molecular complexity index is 3120. The lowest BCUT2D eigenvalue weighted by atomic mass is 10.0. The van der Waals surface area contributed by atoms with Gasteiger partial charge in [0.05, 0.1) is 56.7 Å². The van der Waals surface area contributed by atoms with Crippen LogP contribution in [0.3, 0.4) is 0 Å². The van der Waals surface area contributed by atoms with E-state index in [1.54, 1.807) is 0 Å². The van der Waals surface area contributed by atoms with Crippen LogP contribution >= 0.6 is 0 Å². The van der Waals surface area contributed by atoms with E-state index in [-0.39, 0.29) is 0 Å². The van der Waals surface area contributed by atoms with Gasteiger partial charge in [-0.1, -0.05) is 109 Å². The van der Waals surface area contributed by atoms with Gasteiger partial charge in [-0.15, -0.1) is 0 Å². The Labute approximate surface area is 311 Å². The largest absolute Gasteiger partial charge is 0.309 e. The highest BCUT2D eigenvalue weighted by Gasteiger charge is 2.20. The van der Waals surface area contributed by atoms with Gasteiger partial charge in [0, 0.05) is 49.9 Å². The molecule has 0 aliphatic heterocycles. The first kappa shape index (κ1) is 30.3. The maximum Gasteiger partial charge on any atom is 0.0900 e. The average molecular weight is 690 g/mol. The number of hydrogen-bond donors (Lipinski definition) is 0. The quantitative estimate of drug-likeness (QED) is 0.181. The van der Waals surface area contributed by atoms with Crippen LogP contribution in [0.15, 0.2) is 188 Å². The first-order valence-corrected chi connectivity index (χ1v) is 18.2. The molecule has 0 bridgehead atoms. The Morgan fingerprint density at radius 3 is 1.80 bits per heavy atom. The van der Waals surface area contributed by atoms with E-state index in [2.05, 4.69) is 154 Å². The highest BCUT2D eigenvalue weighted by Crippen LogP contribution is 2.42. The van der Waals surface area contributed by atoms with Crippen LogP contribution in [0.5, 0.6) is 0 Å². The molecular weight excluding hydrogens is 659 g/mol. The van der Waals surface area contributed by atoms with Crippen molar-refractivity contribution in [2.24, 2.45) is 0 Å². The number of fused-ring (bicyclic) bond motifs is 9. The molecule has 5 heterocycles. The molecule has 0 atom stereocenters. The summed E-state index contributed by atoms with van der Waals surface area (Å²) in [5, 5.41) is 7.40. The third-order valence-electron chi connectivity index (χ3n) is 10.6. The number of nitrogens with zero attached hydrogens (tertiary/aromatic N) is 5. The second-order valence-electron chi connectivity index (χ2n) is 13.7. The summed E-state index contributed by atoms with van der Waals surface area (Å²) in [4.78, 5) is 14.8. The van der Waals surface area contributed by atoms with Crippen LogP contribution in [-0.2, 0) is 0 Å². The molecule has 54 heavy (non-hydrogen) atoms. The van der Waals surface area contributed by atoms with Gasteiger partial charge in [0.25, 0.3) is 0 Å². The molecule has 0 N–H and O–H groups in total. The number of para-hydroxylation sites is 3. The van der Waals surface area contributed by atoms with Gasteiger partial charge < -0.3 is 9.13 Å². The summed E-state index contributed by atoms with van der Waals surface area (Å²) in [6.45, 7) is 0. The Balaban J connectivity index is 1.10. The first-order chi connectivity index (χ1) is 26.8. The minimum atomic E-state index is 0.801. The van der Waals surface area contributed by atoms with Crippen LogP contribution in [0.4, 0.5) is 0 Å². The van der Waals surface area contributed by atoms with E-state index in [0.717, 1.165) is 56.3 Å². The third-order valence-corrected chi connectivity index (χ3v) is 10.6. The molecule has 11 rings (SSSR count). The van der Waals surface area contributed by atoms with Gasteiger partial charge in [-0.2, -0.15) is 0 Å². The van der Waals surface area contributed by atoms with Crippen LogP contribution in [0.1, 0.15) is 0 Å². The number of rotatable bonds is 5. The zero-order chi connectivity index (χ0) is 35.6. The van der Waals surface area contributed by atoms with Crippen molar-refractivity contribution in [3.63, 3.8) is 0 Å². The zero-order valence-corrected chi connectivity index (χ0v) is 29.1. The van der Waals surface area contributed by atoms with Crippen LogP contribution in [0.25, 0.3) is 99.7 Å². The van der Waals surface area contributed by atoms with Crippen molar-refractivity contribution in [1.82, 2.24) is 24.1 Å². The van der Waals surface area contributed by atoms with Crippen molar-refractivity contribution < 1.29 is 0 Å². The summed E-state index contributed by atoms with van der Waals surface area (Å²) >= 11 is 0. The number of hydrogen-bond acceptors (Lipinski definition) is 3. The van der Waals surface area contributed by atoms with Gasteiger partial charge in [0.1, 0.15) is 0 Å². The van der Waals surface area contributed by atoms with Crippen molar-refractivity contribution in [3.8, 4) is 45.3 Å². The lowest BCUT2D eigenvalue weighted by molar-refractivity contribution is 1.14. The lowest BCUT2D eigenvalue weighted by Crippen LogP contribution is -1.97. The minimum Gasteiger partial charge on any atom is -0.309 e. The number of benzene rings is 6. The molecule has 11 aromatic rings. The van der Waals surface area contributed by atoms with Crippen molar-refractivity contribution in [2.45, 2.75) is 0 Å². The lowest BCUT2D eigenvalue weighted by Gasteiger charge is -2.12. The van der Waals surface area contributed by atoms with Gasteiger partial charge in [0.15, 0.2) is 0 Å². The van der Waals surface area contributed by atoms with E-state index < -0.39 is 0 Å². The smallest absolute Gasteiger partial charge is 0.0900 e. The fourth-order valence-corrected chi connectivity index (χ4v) is 8.23. The normalized spacial score (nSPS) is 11.7.